The first-order valence-electron chi connectivity index (χ1n) is 5.56. The van der Waals surface area contributed by atoms with E-state index in [1.807, 2.05) is 0 Å². The minimum absolute atomic E-state index is 0. The van der Waals surface area contributed by atoms with Crippen LogP contribution < -0.4 is 20.4 Å². The van der Waals surface area contributed by atoms with Crippen molar-refractivity contribution in [3.05, 3.63) is 0 Å². The second kappa shape index (κ2) is 32.0. The zero-order valence-corrected chi connectivity index (χ0v) is 21.3. The quantitative estimate of drug-likeness (QED) is 0.401. The number of rotatable bonds is 0. The summed E-state index contributed by atoms with van der Waals surface area (Å²) < 4.78 is 0. The molecule has 0 atom stereocenters. The van der Waals surface area contributed by atoms with Crippen molar-refractivity contribution in [2.24, 2.45) is 0 Å². The monoisotopic (exact) mass is 462 g/mol. The van der Waals surface area contributed by atoms with Crippen molar-refractivity contribution < 1.29 is 20.4 Å². The van der Waals surface area contributed by atoms with E-state index in [-0.39, 0.29) is 94.4 Å². The van der Waals surface area contributed by atoms with E-state index in [2.05, 4.69) is 0 Å². The van der Waals surface area contributed by atoms with E-state index in [0.717, 1.165) is 0 Å². The average Bonchev–Trinajstić information content (AvgIpc) is 1.76. The Morgan fingerprint density at radius 1 is 0.444 bits per heavy atom. The Morgan fingerprint density at radius 2 is 0.444 bits per heavy atom. The summed E-state index contributed by atoms with van der Waals surface area (Å²) in [6, 6.07) is 0. The van der Waals surface area contributed by atoms with Crippen molar-refractivity contribution in [3.63, 3.8) is 0 Å². The van der Waals surface area contributed by atoms with Crippen LogP contribution >= 0.6 is 0 Å². The van der Waals surface area contributed by atoms with E-state index < -0.39 is 24.4 Å². The second-order valence-corrected chi connectivity index (χ2v) is 4.20. The maximum absolute atomic E-state index is 9.53. The predicted octanol–water partition coefficient (Wildman–Crippen LogP) is -1.74. The first-order valence-corrected chi connectivity index (χ1v) is 5.56. The van der Waals surface area contributed by atoms with Gasteiger partial charge in [-0.1, -0.05) is 55.4 Å². The van der Waals surface area contributed by atoms with Crippen LogP contribution in [-0.2, 0) is 0 Å². The Balaban J connectivity index is -0.0000000257. The van der Waals surface area contributed by atoms with Crippen LogP contribution in [0.1, 0.15) is 55.4 Å². The van der Waals surface area contributed by atoms with Crippen LogP contribution in [-0.4, -0.2) is 119 Å². The van der Waals surface area contributed by atoms with Gasteiger partial charge < -0.3 is 20.4 Å². The number of hydrogen-bond acceptors (Lipinski definition) is 4. The molecule has 0 aliphatic carbocycles. The molecule has 0 N–H and O–H groups in total. The zero-order valence-electron chi connectivity index (χ0n) is 13.4. The van der Waals surface area contributed by atoms with E-state index in [0.29, 0.717) is 0 Å². The van der Waals surface area contributed by atoms with Crippen LogP contribution in [0.4, 0.5) is 0 Å². The third-order valence-corrected chi connectivity index (χ3v) is 0. The van der Waals surface area contributed by atoms with Gasteiger partial charge in [0.2, 0.25) is 0 Å². The van der Waals surface area contributed by atoms with E-state index in [4.69, 9.17) is 0 Å². The second-order valence-electron chi connectivity index (χ2n) is 4.20. The summed E-state index contributed by atoms with van der Waals surface area (Å²) in [5, 5.41) is 38.1. The van der Waals surface area contributed by atoms with E-state index in [1.165, 1.54) is 0 Å². The average molecular weight is 461 g/mol. The molecule has 6 heteroatoms. The van der Waals surface area contributed by atoms with Gasteiger partial charge in [-0.25, -0.2) is 0 Å². The minimum Gasteiger partial charge on any atom is -0.852 e. The zero-order chi connectivity index (χ0) is 14.3. The summed E-state index contributed by atoms with van der Waals surface area (Å²) in [4.78, 5) is 0. The standard InChI is InChI=1S/4C3H7O.Ba.Sr/c4*1-3(2)4;;/h4*3H,1-2H3;;/q4*-1;2*+2. The summed E-state index contributed by atoms with van der Waals surface area (Å²) >= 11 is 0. The van der Waals surface area contributed by atoms with Crippen molar-refractivity contribution in [2.45, 2.75) is 79.8 Å². The summed E-state index contributed by atoms with van der Waals surface area (Å²) in [5.41, 5.74) is 0. The maximum Gasteiger partial charge on any atom is 2.00 e. The molecule has 4 nitrogen and oxygen atoms in total. The first kappa shape index (κ1) is 37.3. The molecule has 0 heterocycles. The molecule has 0 rings (SSSR count). The predicted molar refractivity (Wildman–Crippen MR) is 72.1 cm³/mol. The van der Waals surface area contributed by atoms with Gasteiger partial charge >= 0.3 is 94.4 Å². The first-order chi connectivity index (χ1) is 6.93. The van der Waals surface area contributed by atoms with Gasteiger partial charge in [-0.15, -0.1) is 24.4 Å². The summed E-state index contributed by atoms with van der Waals surface area (Å²) in [6.45, 7) is 12.9. The topological polar surface area (TPSA) is 92.2 Å². The Kier molecular flexibility index (Phi) is 66.3. The van der Waals surface area contributed by atoms with Crippen molar-refractivity contribution in [1.82, 2.24) is 0 Å². The van der Waals surface area contributed by atoms with Crippen LogP contribution in [0.3, 0.4) is 0 Å². The van der Waals surface area contributed by atoms with E-state index in [1.54, 1.807) is 55.4 Å². The molecule has 0 radical (unpaired) electrons. The molecule has 104 valence electrons. The molecule has 0 fully saturated rings. The van der Waals surface area contributed by atoms with Gasteiger partial charge in [-0.2, -0.15) is 0 Å². The van der Waals surface area contributed by atoms with Crippen LogP contribution in [0, 0.1) is 0 Å². The molecule has 0 saturated carbocycles. The molecule has 0 bridgehead atoms. The SMILES string of the molecule is CC(C)[O-].CC(C)[O-].CC(C)[O-].CC(C)[O-].[Ba+2].[Sr+2]. The summed E-state index contributed by atoms with van der Waals surface area (Å²) in [7, 11) is 0. The van der Waals surface area contributed by atoms with Crippen LogP contribution in [0.5, 0.6) is 0 Å². The third-order valence-electron chi connectivity index (χ3n) is 0. The van der Waals surface area contributed by atoms with Crippen molar-refractivity contribution in [1.29, 1.82) is 0 Å². The van der Waals surface area contributed by atoms with Crippen LogP contribution in [0.15, 0.2) is 0 Å². The molecule has 0 aliphatic rings. The molecule has 0 spiro atoms. The molecule has 0 aliphatic heterocycles. The fraction of sp³-hybridized carbons (Fsp3) is 1.00. The minimum atomic E-state index is -0.417. The Morgan fingerprint density at radius 3 is 0.444 bits per heavy atom. The Bertz CT molecular complexity index is 67.1. The Labute approximate surface area is 191 Å². The smallest absolute Gasteiger partial charge is 0.852 e. The Hall–Kier alpha value is 2.89. The molecule has 0 unspecified atom stereocenters. The molecular formula is C12H28BaO4Sr. The van der Waals surface area contributed by atoms with Crippen LogP contribution in [0.2, 0.25) is 0 Å². The van der Waals surface area contributed by atoms with Gasteiger partial charge in [0.25, 0.3) is 0 Å². The normalized spacial score (nSPS) is 8.00. The fourth-order valence-electron chi connectivity index (χ4n) is 0. The summed E-state index contributed by atoms with van der Waals surface area (Å²) in [5.74, 6) is 0. The van der Waals surface area contributed by atoms with Gasteiger partial charge in [0.15, 0.2) is 0 Å². The molecule has 0 aromatic heterocycles. The van der Waals surface area contributed by atoms with Gasteiger partial charge in [-0.05, 0) is 0 Å². The van der Waals surface area contributed by atoms with E-state index >= 15 is 0 Å². The molecule has 0 aromatic carbocycles. The molecule has 18 heavy (non-hydrogen) atoms. The summed E-state index contributed by atoms with van der Waals surface area (Å²) in [6.07, 6.45) is -1.67. The largest absolute Gasteiger partial charge is 2.00 e. The van der Waals surface area contributed by atoms with Gasteiger partial charge in [0.1, 0.15) is 0 Å². The van der Waals surface area contributed by atoms with Gasteiger partial charge in [-0.3, -0.25) is 0 Å². The van der Waals surface area contributed by atoms with Gasteiger partial charge in [0.05, 0.1) is 0 Å². The van der Waals surface area contributed by atoms with Crippen LogP contribution in [0.25, 0.3) is 0 Å². The maximum atomic E-state index is 9.53. The van der Waals surface area contributed by atoms with Crippen molar-refractivity contribution >= 4 is 94.4 Å². The van der Waals surface area contributed by atoms with E-state index in [9.17, 15) is 20.4 Å². The molecule has 0 amide bonds. The van der Waals surface area contributed by atoms with Gasteiger partial charge in [0, 0.05) is 0 Å². The van der Waals surface area contributed by atoms with Crippen molar-refractivity contribution in [2.75, 3.05) is 0 Å². The molecular weight excluding hydrogens is 433 g/mol. The third kappa shape index (κ3) is 723. The fourth-order valence-corrected chi connectivity index (χ4v) is 0. The number of hydrogen-bond donors (Lipinski definition) is 0. The molecule has 0 aromatic rings. The molecule has 0 saturated heterocycles. The van der Waals surface area contributed by atoms with Crippen molar-refractivity contribution in [3.8, 4) is 0 Å².